The number of carbonyl (C=O) groups excluding carboxylic acids is 4. The van der Waals surface area contributed by atoms with E-state index in [4.69, 9.17) is 47.4 Å². The van der Waals surface area contributed by atoms with Crippen LogP contribution < -0.4 is 0 Å². The topological polar surface area (TPSA) is 363 Å². The van der Waals surface area contributed by atoms with Gasteiger partial charge in [-0.25, -0.2) is 9.59 Å². The molecule has 1 saturated carbocycles. The SMILES string of the molecule is C/C=C1\[C@@H](O[C@@H]2O[C@H](CO)[C@@H](O)[C@H](O)[C@H]2O)OC=C(C(=O)OC)[C@@H]1CC(=O)O[C@H]1C[C@@H](C(CO)CO)[C@H](COC(=O)C[C@H]2C(C(=O)OC)=CO[C@@H](O[C@@H]3O[C@H](CO)[C@@H](O)[C@H](O)[C@H]3O)/C2=C\C)[C@@H]1C. The molecular formula is C44H64O24. The maximum Gasteiger partial charge on any atom is 0.337 e. The van der Waals surface area contributed by atoms with Crippen molar-refractivity contribution in [2.24, 2.45) is 35.5 Å². The number of hydrogen-bond donors (Lipinski definition) is 10. The molecule has 0 radical (unpaired) electrons. The fourth-order valence-corrected chi connectivity index (χ4v) is 9.27. The third-order valence-electron chi connectivity index (χ3n) is 13.3. The lowest BCUT2D eigenvalue weighted by Crippen LogP contribution is -2.60. The van der Waals surface area contributed by atoms with Gasteiger partial charge in [-0.05, 0) is 32.1 Å². The van der Waals surface area contributed by atoms with Crippen LogP contribution >= 0.6 is 0 Å². The standard InChI is InChI=1S/C44H64O24/c1-6-20-23(26(39(57)59-4)16-62-41(20)67-43-37(55)35(53)33(51)29(13-47)65-43)9-31(49)61-15-25-18(3)28(8-22(25)19(11-45)12-46)64-32(50)10-24-21(7-2)42(63-17-27(24)40(58)60-5)68-44-38(56)36(54)34(52)30(14-48)66-44/h6-7,16-19,22-25,28-30,33-38,41-48,51-56H,8-15H2,1-5H3/b20-6-,21-7-/t18-,22-,23+,24+,25+,28-,29+,30+,33+,34+,35-,36-,37+,38+,41-,42+,43-,44-/m0/s1. The summed E-state index contributed by atoms with van der Waals surface area (Å²) in [5, 5.41) is 102. The molecular weight excluding hydrogens is 912 g/mol. The first-order chi connectivity index (χ1) is 32.4. The second-order valence-electron chi connectivity index (χ2n) is 17.1. The van der Waals surface area contributed by atoms with Crippen LogP contribution in [0.3, 0.4) is 0 Å². The second-order valence-corrected chi connectivity index (χ2v) is 17.1. The van der Waals surface area contributed by atoms with Gasteiger partial charge in [-0.2, -0.15) is 0 Å². The quantitative estimate of drug-likeness (QED) is 0.0365. The Hall–Kier alpha value is -4.12. The molecule has 5 rings (SSSR count). The van der Waals surface area contributed by atoms with Gasteiger partial charge in [0.25, 0.3) is 0 Å². The summed E-state index contributed by atoms with van der Waals surface area (Å²) in [6, 6.07) is 0. The lowest BCUT2D eigenvalue weighted by atomic mass is 9.82. The molecule has 0 unspecified atom stereocenters. The highest BCUT2D eigenvalue weighted by Gasteiger charge is 2.50. The van der Waals surface area contributed by atoms with Gasteiger partial charge in [-0.15, -0.1) is 0 Å². The molecule has 0 aromatic rings. The van der Waals surface area contributed by atoms with E-state index in [2.05, 4.69) is 0 Å². The lowest BCUT2D eigenvalue weighted by molar-refractivity contribution is -0.327. The zero-order chi connectivity index (χ0) is 50.1. The summed E-state index contributed by atoms with van der Waals surface area (Å²) in [5.74, 6) is -7.97. The van der Waals surface area contributed by atoms with Crippen LogP contribution in [0.5, 0.6) is 0 Å². The fourth-order valence-electron chi connectivity index (χ4n) is 9.27. The number of aliphatic hydroxyl groups excluding tert-OH is 10. The van der Waals surface area contributed by atoms with E-state index >= 15 is 0 Å². The summed E-state index contributed by atoms with van der Waals surface area (Å²) < 4.78 is 55.5. The Morgan fingerprint density at radius 2 is 1.12 bits per heavy atom. The average Bonchev–Trinajstić information content (AvgIpc) is 3.63. The summed E-state index contributed by atoms with van der Waals surface area (Å²) >= 11 is 0. The van der Waals surface area contributed by atoms with E-state index in [0.29, 0.717) is 0 Å². The van der Waals surface area contributed by atoms with E-state index in [0.717, 1.165) is 26.7 Å². The van der Waals surface area contributed by atoms with E-state index in [1.54, 1.807) is 20.8 Å². The lowest BCUT2D eigenvalue weighted by Gasteiger charge is -2.42. The van der Waals surface area contributed by atoms with E-state index < -0.39 is 179 Å². The summed E-state index contributed by atoms with van der Waals surface area (Å²) in [4.78, 5) is 53.5. The third kappa shape index (κ3) is 11.9. The number of esters is 4. The van der Waals surface area contributed by atoms with Gasteiger partial charge in [-0.1, -0.05) is 19.1 Å². The minimum absolute atomic E-state index is 0.100. The van der Waals surface area contributed by atoms with Crippen LogP contribution in [0.4, 0.5) is 0 Å². The Kier molecular flexibility index (Phi) is 19.9. The first-order valence-corrected chi connectivity index (χ1v) is 22.1. The number of rotatable bonds is 18. The van der Waals surface area contributed by atoms with Gasteiger partial charge in [0.1, 0.15) is 54.9 Å². The predicted octanol–water partition coefficient (Wildman–Crippen LogP) is -3.32. The Balaban J connectivity index is 1.29. The molecule has 68 heavy (non-hydrogen) atoms. The molecule has 2 saturated heterocycles. The van der Waals surface area contributed by atoms with Gasteiger partial charge in [0.15, 0.2) is 12.6 Å². The van der Waals surface area contributed by atoms with Gasteiger partial charge < -0.3 is 98.4 Å². The monoisotopic (exact) mass is 976 g/mol. The van der Waals surface area contributed by atoms with Gasteiger partial charge in [0.2, 0.25) is 12.6 Å². The van der Waals surface area contributed by atoms with Crippen molar-refractivity contribution in [1.29, 1.82) is 0 Å². The van der Waals surface area contributed by atoms with Crippen molar-refractivity contribution in [3.63, 3.8) is 0 Å². The molecule has 10 N–H and O–H groups in total. The molecule has 0 aromatic carbocycles. The normalized spacial score (nSPS) is 38.5. The summed E-state index contributed by atoms with van der Waals surface area (Å²) in [6.45, 7) is 2.16. The molecule has 1 aliphatic carbocycles. The van der Waals surface area contributed by atoms with Crippen LogP contribution in [0.25, 0.3) is 0 Å². The summed E-state index contributed by atoms with van der Waals surface area (Å²) in [7, 11) is 2.23. The van der Waals surface area contributed by atoms with Crippen LogP contribution in [-0.4, -0.2) is 202 Å². The molecule has 0 spiro atoms. The van der Waals surface area contributed by atoms with Gasteiger partial charge >= 0.3 is 23.9 Å². The first kappa shape index (κ1) is 54.8. The zero-order valence-electron chi connectivity index (χ0n) is 38.1. The molecule has 4 heterocycles. The molecule has 4 aliphatic heterocycles. The Morgan fingerprint density at radius 1 is 0.676 bits per heavy atom. The minimum atomic E-state index is -1.80. The molecule has 5 aliphatic rings. The molecule has 24 nitrogen and oxygen atoms in total. The van der Waals surface area contributed by atoms with Crippen LogP contribution in [0, 0.1) is 35.5 Å². The summed E-state index contributed by atoms with van der Waals surface area (Å²) in [6.07, 6.45) is -15.9. The molecule has 3 fully saturated rings. The molecule has 0 bridgehead atoms. The maximum atomic E-state index is 13.9. The molecule has 0 aromatic heterocycles. The fraction of sp³-hybridized carbons (Fsp3) is 0.727. The van der Waals surface area contributed by atoms with Crippen molar-refractivity contribution in [2.75, 3.05) is 47.3 Å². The van der Waals surface area contributed by atoms with E-state index in [1.165, 1.54) is 12.2 Å². The highest BCUT2D eigenvalue weighted by atomic mass is 16.8. The van der Waals surface area contributed by atoms with Crippen LogP contribution in [-0.2, 0) is 66.5 Å². The highest BCUT2D eigenvalue weighted by molar-refractivity contribution is 5.91. The van der Waals surface area contributed by atoms with Gasteiger partial charge in [0.05, 0.1) is 70.6 Å². The van der Waals surface area contributed by atoms with Crippen molar-refractivity contribution in [3.05, 3.63) is 47.0 Å². The van der Waals surface area contributed by atoms with Crippen LogP contribution in [0.1, 0.15) is 40.0 Å². The zero-order valence-corrected chi connectivity index (χ0v) is 38.1. The largest absolute Gasteiger partial charge is 0.468 e. The molecule has 0 amide bonds. The molecule has 18 atom stereocenters. The number of hydrogen-bond acceptors (Lipinski definition) is 24. The predicted molar refractivity (Wildman–Crippen MR) is 223 cm³/mol. The van der Waals surface area contributed by atoms with Crippen molar-refractivity contribution in [2.45, 2.75) is 120 Å². The van der Waals surface area contributed by atoms with Crippen molar-refractivity contribution >= 4 is 23.9 Å². The first-order valence-electron chi connectivity index (χ1n) is 22.1. The number of ether oxygens (including phenoxy) is 10. The van der Waals surface area contributed by atoms with Gasteiger partial charge in [-0.3, -0.25) is 9.59 Å². The van der Waals surface area contributed by atoms with Crippen LogP contribution in [0.2, 0.25) is 0 Å². The Bertz CT molecular complexity index is 1860. The van der Waals surface area contributed by atoms with Gasteiger partial charge in [0, 0.05) is 48.0 Å². The molecule has 384 valence electrons. The number of methoxy groups -OCH3 is 2. The van der Waals surface area contributed by atoms with Crippen molar-refractivity contribution in [1.82, 2.24) is 0 Å². The minimum Gasteiger partial charge on any atom is -0.468 e. The number of carbonyl (C=O) groups is 4. The van der Waals surface area contributed by atoms with E-state index in [1.807, 2.05) is 0 Å². The smallest absolute Gasteiger partial charge is 0.337 e. The van der Waals surface area contributed by atoms with Crippen molar-refractivity contribution < 1.29 is 118 Å². The summed E-state index contributed by atoms with van der Waals surface area (Å²) in [5.41, 5.74) is 0.168. The number of aliphatic hydroxyl groups is 10. The number of allylic oxidation sites excluding steroid dienone is 2. The Morgan fingerprint density at radius 3 is 1.51 bits per heavy atom. The second kappa shape index (κ2) is 24.6. The third-order valence-corrected chi connectivity index (χ3v) is 13.3. The highest BCUT2D eigenvalue weighted by Crippen LogP contribution is 2.45. The van der Waals surface area contributed by atoms with E-state index in [9.17, 15) is 70.2 Å². The molecule has 24 heteroatoms. The maximum absolute atomic E-state index is 13.9. The average molecular weight is 977 g/mol. The van der Waals surface area contributed by atoms with E-state index in [-0.39, 0.29) is 35.3 Å². The van der Waals surface area contributed by atoms with Crippen LogP contribution in [0.15, 0.2) is 47.0 Å². The Labute approximate surface area is 390 Å². The van der Waals surface area contributed by atoms with Crippen molar-refractivity contribution in [3.8, 4) is 0 Å².